The first-order valence-electron chi connectivity index (χ1n) is 5.76. The van der Waals surface area contributed by atoms with E-state index in [4.69, 9.17) is 9.47 Å². The molecule has 0 bridgehead atoms. The third-order valence-corrected chi connectivity index (χ3v) is 3.16. The van der Waals surface area contributed by atoms with Crippen molar-refractivity contribution in [2.75, 3.05) is 20.8 Å². The Balaban J connectivity index is 2.34. The molecular weight excluding hydrogens is 192 g/mol. The minimum atomic E-state index is -0.161. The zero-order chi connectivity index (χ0) is 11.3. The van der Waals surface area contributed by atoms with Gasteiger partial charge in [0.25, 0.3) is 0 Å². The Morgan fingerprint density at radius 2 is 1.73 bits per heavy atom. The molecule has 2 atom stereocenters. The van der Waals surface area contributed by atoms with Crippen LogP contribution in [0.15, 0.2) is 0 Å². The number of hydrogen-bond donors (Lipinski definition) is 1. The average Bonchev–Trinajstić information content (AvgIpc) is 2.23. The molecule has 0 radical (unpaired) electrons. The first-order valence-corrected chi connectivity index (χ1v) is 5.76. The van der Waals surface area contributed by atoms with Gasteiger partial charge in [-0.25, -0.2) is 10.4 Å². The zero-order valence-electron chi connectivity index (χ0n) is 10.3. The van der Waals surface area contributed by atoms with Crippen LogP contribution in [0.1, 0.15) is 33.1 Å². The molecule has 1 fully saturated rings. The van der Waals surface area contributed by atoms with Crippen LogP contribution < -0.4 is 5.43 Å². The highest BCUT2D eigenvalue weighted by Crippen LogP contribution is 2.20. The predicted molar refractivity (Wildman–Crippen MR) is 60.4 cm³/mol. The van der Waals surface area contributed by atoms with Crippen molar-refractivity contribution >= 4 is 0 Å². The molecule has 1 aliphatic rings. The van der Waals surface area contributed by atoms with Crippen LogP contribution in [0.25, 0.3) is 0 Å². The van der Waals surface area contributed by atoms with Gasteiger partial charge in [-0.15, -0.1) is 0 Å². The molecule has 90 valence electrons. The van der Waals surface area contributed by atoms with E-state index in [1.54, 1.807) is 14.2 Å². The van der Waals surface area contributed by atoms with E-state index in [0.717, 1.165) is 0 Å². The van der Waals surface area contributed by atoms with Crippen molar-refractivity contribution in [2.24, 2.45) is 0 Å². The van der Waals surface area contributed by atoms with E-state index >= 15 is 0 Å². The van der Waals surface area contributed by atoms with E-state index in [2.05, 4.69) is 24.3 Å². The Morgan fingerprint density at radius 3 is 2.20 bits per heavy atom. The van der Waals surface area contributed by atoms with Crippen LogP contribution in [0.5, 0.6) is 0 Å². The van der Waals surface area contributed by atoms with Gasteiger partial charge in [0, 0.05) is 26.3 Å². The van der Waals surface area contributed by atoms with E-state index in [1.807, 2.05) is 0 Å². The molecule has 1 rings (SSSR count). The summed E-state index contributed by atoms with van der Waals surface area (Å²) in [5, 5.41) is 2.33. The lowest BCUT2D eigenvalue weighted by molar-refractivity contribution is -0.113. The van der Waals surface area contributed by atoms with E-state index in [-0.39, 0.29) is 6.29 Å². The highest BCUT2D eigenvalue weighted by Gasteiger charge is 2.24. The number of ether oxygens (including phenoxy) is 2. The van der Waals surface area contributed by atoms with Gasteiger partial charge in [0.1, 0.15) is 0 Å². The molecule has 0 aromatic rings. The highest BCUT2D eigenvalue weighted by molar-refractivity contribution is 4.76. The van der Waals surface area contributed by atoms with Crippen molar-refractivity contribution < 1.29 is 9.47 Å². The lowest BCUT2D eigenvalue weighted by Crippen LogP contribution is -2.54. The van der Waals surface area contributed by atoms with E-state index in [9.17, 15) is 0 Å². The number of rotatable bonds is 5. The van der Waals surface area contributed by atoms with Crippen molar-refractivity contribution in [1.29, 1.82) is 0 Å². The summed E-state index contributed by atoms with van der Waals surface area (Å²) in [6, 6.07) is 1.20. The van der Waals surface area contributed by atoms with Crippen LogP contribution in [0.3, 0.4) is 0 Å². The number of methoxy groups -OCH3 is 2. The van der Waals surface area contributed by atoms with Crippen LogP contribution in [-0.2, 0) is 9.47 Å². The molecule has 1 saturated heterocycles. The fourth-order valence-corrected chi connectivity index (χ4v) is 2.18. The van der Waals surface area contributed by atoms with E-state index < -0.39 is 0 Å². The van der Waals surface area contributed by atoms with Crippen molar-refractivity contribution in [3.63, 3.8) is 0 Å². The molecule has 1 N–H and O–H groups in total. The first-order chi connectivity index (χ1) is 7.19. The summed E-state index contributed by atoms with van der Waals surface area (Å²) in [5.41, 5.74) is 3.41. The molecule has 15 heavy (non-hydrogen) atoms. The molecule has 0 spiro atoms. The Morgan fingerprint density at radius 1 is 1.20 bits per heavy atom. The van der Waals surface area contributed by atoms with Gasteiger partial charge in [0.2, 0.25) is 0 Å². The predicted octanol–water partition coefficient (Wildman–Crippen LogP) is 1.37. The molecule has 0 aliphatic carbocycles. The van der Waals surface area contributed by atoms with Crippen molar-refractivity contribution in [2.45, 2.75) is 51.5 Å². The van der Waals surface area contributed by atoms with Gasteiger partial charge in [-0.1, -0.05) is 6.42 Å². The maximum absolute atomic E-state index is 5.15. The Kier molecular flexibility index (Phi) is 5.53. The van der Waals surface area contributed by atoms with Crippen LogP contribution in [0, 0.1) is 0 Å². The molecular formula is C11H24N2O2. The molecule has 0 aromatic heterocycles. The van der Waals surface area contributed by atoms with Gasteiger partial charge in [0.15, 0.2) is 6.29 Å². The lowest BCUT2D eigenvalue weighted by Gasteiger charge is -2.39. The molecule has 1 aliphatic heterocycles. The Hall–Kier alpha value is -0.160. The smallest absolute Gasteiger partial charge is 0.170 e. The van der Waals surface area contributed by atoms with Crippen molar-refractivity contribution in [3.8, 4) is 0 Å². The van der Waals surface area contributed by atoms with Crippen molar-refractivity contribution in [3.05, 3.63) is 0 Å². The molecule has 0 saturated carbocycles. The highest BCUT2D eigenvalue weighted by atomic mass is 16.7. The molecule has 4 nitrogen and oxygen atoms in total. The summed E-state index contributed by atoms with van der Waals surface area (Å²) in [7, 11) is 3.33. The quantitative estimate of drug-likeness (QED) is 0.704. The van der Waals surface area contributed by atoms with E-state index in [0.29, 0.717) is 18.6 Å². The number of piperidine rings is 1. The first kappa shape index (κ1) is 12.9. The SMILES string of the molecule is COC(CNN1C(C)CCCC1C)OC. The van der Waals surface area contributed by atoms with Crippen LogP contribution in [0.4, 0.5) is 0 Å². The zero-order valence-corrected chi connectivity index (χ0v) is 10.3. The number of nitrogens with zero attached hydrogens (tertiary/aromatic N) is 1. The molecule has 4 heteroatoms. The number of nitrogens with one attached hydrogen (secondary N) is 1. The largest absolute Gasteiger partial charge is 0.354 e. The monoisotopic (exact) mass is 216 g/mol. The Bertz CT molecular complexity index is 164. The van der Waals surface area contributed by atoms with Gasteiger partial charge in [-0.3, -0.25) is 0 Å². The maximum Gasteiger partial charge on any atom is 0.170 e. The normalized spacial score (nSPS) is 28.6. The third-order valence-electron chi connectivity index (χ3n) is 3.16. The molecule has 0 aromatic carbocycles. The van der Waals surface area contributed by atoms with Crippen molar-refractivity contribution in [1.82, 2.24) is 10.4 Å². The second-order valence-electron chi connectivity index (χ2n) is 4.30. The third kappa shape index (κ3) is 3.72. The van der Waals surface area contributed by atoms with Gasteiger partial charge in [-0.2, -0.15) is 0 Å². The minimum Gasteiger partial charge on any atom is -0.354 e. The van der Waals surface area contributed by atoms with Gasteiger partial charge in [-0.05, 0) is 26.7 Å². The average molecular weight is 216 g/mol. The summed E-state index contributed by atoms with van der Waals surface area (Å²) < 4.78 is 10.3. The summed E-state index contributed by atoms with van der Waals surface area (Å²) >= 11 is 0. The lowest BCUT2D eigenvalue weighted by atomic mass is 10.00. The second-order valence-corrected chi connectivity index (χ2v) is 4.30. The minimum absolute atomic E-state index is 0.161. The summed E-state index contributed by atoms with van der Waals surface area (Å²) in [6.07, 6.45) is 3.70. The Labute approximate surface area is 92.9 Å². The fourth-order valence-electron chi connectivity index (χ4n) is 2.18. The molecule has 0 amide bonds. The fraction of sp³-hybridized carbons (Fsp3) is 1.00. The summed E-state index contributed by atoms with van der Waals surface area (Å²) in [4.78, 5) is 0. The number of hydrazine groups is 1. The topological polar surface area (TPSA) is 33.7 Å². The standard InChI is InChI=1S/C11H24N2O2/c1-9-6-5-7-10(2)13(9)12-8-11(14-3)15-4/h9-12H,5-8H2,1-4H3. The van der Waals surface area contributed by atoms with Crippen LogP contribution in [-0.4, -0.2) is 44.1 Å². The van der Waals surface area contributed by atoms with Gasteiger partial charge >= 0.3 is 0 Å². The second kappa shape index (κ2) is 6.43. The number of hydrogen-bond acceptors (Lipinski definition) is 4. The summed E-state index contributed by atoms with van der Waals surface area (Å²) in [5.74, 6) is 0. The van der Waals surface area contributed by atoms with Gasteiger partial charge in [0.05, 0.1) is 6.54 Å². The maximum atomic E-state index is 5.15. The van der Waals surface area contributed by atoms with E-state index in [1.165, 1.54) is 19.3 Å². The summed E-state index contributed by atoms with van der Waals surface area (Å²) in [6.45, 7) is 5.23. The van der Waals surface area contributed by atoms with Crippen LogP contribution >= 0.6 is 0 Å². The van der Waals surface area contributed by atoms with Gasteiger partial charge < -0.3 is 9.47 Å². The van der Waals surface area contributed by atoms with Crippen LogP contribution in [0.2, 0.25) is 0 Å². The molecule has 2 unspecified atom stereocenters. The molecule has 1 heterocycles.